The summed E-state index contributed by atoms with van der Waals surface area (Å²) in [5, 5.41) is 4.28. The van der Waals surface area contributed by atoms with E-state index in [1.165, 1.54) is 7.11 Å². The highest BCUT2D eigenvalue weighted by Gasteiger charge is 2.16. The molecule has 1 rings (SSSR count). The molecule has 0 aliphatic heterocycles. The second-order valence-corrected chi connectivity index (χ2v) is 4.65. The molecule has 1 aromatic rings. The Balaban J connectivity index is 3.04. The molecule has 0 saturated heterocycles. The number of aromatic nitrogens is 2. The van der Waals surface area contributed by atoms with E-state index in [9.17, 15) is 4.79 Å². The molecule has 0 N–H and O–H groups in total. The van der Waals surface area contributed by atoms with Crippen LogP contribution in [0.1, 0.15) is 49.9 Å². The summed E-state index contributed by atoms with van der Waals surface area (Å²) in [5.74, 6) is 0.170. The van der Waals surface area contributed by atoms with Crippen molar-refractivity contribution in [3.05, 3.63) is 17.5 Å². The van der Waals surface area contributed by atoms with E-state index in [1.54, 1.807) is 0 Å². The Hall–Kier alpha value is -1.32. The molecule has 1 heterocycles. The Labute approximate surface area is 96.6 Å². The summed E-state index contributed by atoms with van der Waals surface area (Å²) in [7, 11) is 1.37. The fourth-order valence-electron chi connectivity index (χ4n) is 1.66. The highest BCUT2D eigenvalue weighted by atomic mass is 16.5. The SMILES string of the molecule is COC(=O)c1cc(CC(C)C)n(C(C)C)n1. The first-order chi connectivity index (χ1) is 7.45. The molecule has 0 fully saturated rings. The summed E-state index contributed by atoms with van der Waals surface area (Å²) >= 11 is 0. The van der Waals surface area contributed by atoms with Gasteiger partial charge in [-0.3, -0.25) is 4.68 Å². The van der Waals surface area contributed by atoms with Gasteiger partial charge in [0.05, 0.1) is 7.11 Å². The van der Waals surface area contributed by atoms with Crippen molar-refractivity contribution < 1.29 is 9.53 Å². The van der Waals surface area contributed by atoms with Crippen LogP contribution in [0, 0.1) is 5.92 Å². The summed E-state index contributed by atoms with van der Waals surface area (Å²) in [6.45, 7) is 8.40. The van der Waals surface area contributed by atoms with Crippen molar-refractivity contribution in [1.82, 2.24) is 9.78 Å². The molecule has 0 unspecified atom stereocenters. The monoisotopic (exact) mass is 224 g/mol. The molecule has 0 aromatic carbocycles. The second kappa shape index (κ2) is 5.14. The molecule has 0 aliphatic rings. The highest BCUT2D eigenvalue weighted by molar-refractivity contribution is 5.87. The zero-order valence-electron chi connectivity index (χ0n) is 10.7. The largest absolute Gasteiger partial charge is 0.464 e. The Morgan fingerprint density at radius 1 is 1.44 bits per heavy atom. The number of ether oxygens (including phenoxy) is 1. The minimum absolute atomic E-state index is 0.257. The molecule has 1 aromatic heterocycles. The first kappa shape index (κ1) is 12.7. The van der Waals surface area contributed by atoms with E-state index < -0.39 is 0 Å². The first-order valence-electron chi connectivity index (χ1n) is 5.62. The van der Waals surface area contributed by atoms with Gasteiger partial charge in [0.2, 0.25) is 0 Å². The van der Waals surface area contributed by atoms with Crippen molar-refractivity contribution >= 4 is 5.97 Å². The summed E-state index contributed by atoms with van der Waals surface area (Å²) in [4.78, 5) is 11.4. The van der Waals surface area contributed by atoms with Gasteiger partial charge in [-0.05, 0) is 32.3 Å². The van der Waals surface area contributed by atoms with Gasteiger partial charge in [-0.2, -0.15) is 5.10 Å². The molecule has 0 aliphatic carbocycles. The van der Waals surface area contributed by atoms with E-state index in [1.807, 2.05) is 10.7 Å². The summed E-state index contributed by atoms with van der Waals surface area (Å²) in [6, 6.07) is 2.08. The molecule has 4 nitrogen and oxygen atoms in total. The van der Waals surface area contributed by atoms with Gasteiger partial charge in [-0.1, -0.05) is 13.8 Å². The average molecular weight is 224 g/mol. The van der Waals surface area contributed by atoms with Crippen LogP contribution >= 0.6 is 0 Å². The first-order valence-corrected chi connectivity index (χ1v) is 5.62. The average Bonchev–Trinajstić information content (AvgIpc) is 2.59. The summed E-state index contributed by atoms with van der Waals surface area (Å²) < 4.78 is 6.57. The van der Waals surface area contributed by atoms with E-state index in [0.29, 0.717) is 11.6 Å². The molecule has 16 heavy (non-hydrogen) atoms. The zero-order chi connectivity index (χ0) is 12.3. The molecular formula is C12H20N2O2. The third-order valence-electron chi connectivity index (χ3n) is 2.31. The molecule has 4 heteroatoms. The van der Waals surface area contributed by atoms with Crippen LogP contribution in [-0.4, -0.2) is 22.9 Å². The van der Waals surface area contributed by atoms with Crippen molar-refractivity contribution in [2.24, 2.45) is 5.92 Å². The zero-order valence-corrected chi connectivity index (χ0v) is 10.7. The van der Waals surface area contributed by atoms with E-state index in [0.717, 1.165) is 12.1 Å². The van der Waals surface area contributed by atoms with Crippen LogP contribution in [0.25, 0.3) is 0 Å². The lowest BCUT2D eigenvalue weighted by Gasteiger charge is -2.11. The van der Waals surface area contributed by atoms with Gasteiger partial charge in [0.15, 0.2) is 5.69 Å². The Morgan fingerprint density at radius 2 is 2.06 bits per heavy atom. The van der Waals surface area contributed by atoms with Crippen LogP contribution in [0.5, 0.6) is 0 Å². The van der Waals surface area contributed by atoms with Crippen LogP contribution in [0.4, 0.5) is 0 Å². The van der Waals surface area contributed by atoms with Gasteiger partial charge in [-0.25, -0.2) is 4.79 Å². The Bertz CT molecular complexity index is 367. The van der Waals surface area contributed by atoms with Crippen LogP contribution in [0.3, 0.4) is 0 Å². The normalized spacial score (nSPS) is 11.2. The second-order valence-electron chi connectivity index (χ2n) is 4.65. The summed E-state index contributed by atoms with van der Waals surface area (Å²) in [6.07, 6.45) is 0.919. The molecule has 0 amide bonds. The van der Waals surface area contributed by atoms with Crippen LogP contribution < -0.4 is 0 Å². The number of esters is 1. The Kier molecular flexibility index (Phi) is 4.10. The quantitative estimate of drug-likeness (QED) is 0.738. The minimum atomic E-state index is -0.371. The third kappa shape index (κ3) is 2.84. The van der Waals surface area contributed by atoms with Crippen molar-refractivity contribution in [3.63, 3.8) is 0 Å². The van der Waals surface area contributed by atoms with Crippen molar-refractivity contribution in [2.75, 3.05) is 7.11 Å². The lowest BCUT2D eigenvalue weighted by atomic mass is 10.1. The lowest BCUT2D eigenvalue weighted by Crippen LogP contribution is -2.10. The maximum absolute atomic E-state index is 11.4. The number of nitrogens with zero attached hydrogens (tertiary/aromatic N) is 2. The standard InChI is InChI=1S/C12H20N2O2/c1-8(2)6-10-7-11(12(15)16-5)13-14(10)9(3)4/h7-9H,6H2,1-5H3. The van der Waals surface area contributed by atoms with Gasteiger partial charge in [0.1, 0.15) is 0 Å². The van der Waals surface area contributed by atoms with E-state index >= 15 is 0 Å². The van der Waals surface area contributed by atoms with Crippen molar-refractivity contribution in [1.29, 1.82) is 0 Å². The van der Waals surface area contributed by atoms with E-state index in [-0.39, 0.29) is 12.0 Å². The van der Waals surface area contributed by atoms with Gasteiger partial charge in [-0.15, -0.1) is 0 Å². The number of methoxy groups -OCH3 is 1. The smallest absolute Gasteiger partial charge is 0.358 e. The molecule has 0 atom stereocenters. The fraction of sp³-hybridized carbons (Fsp3) is 0.667. The number of carbonyl (C=O) groups excluding carboxylic acids is 1. The maximum atomic E-state index is 11.4. The van der Waals surface area contributed by atoms with Crippen LogP contribution in [0.2, 0.25) is 0 Å². The summed E-state index contributed by atoms with van der Waals surface area (Å²) in [5.41, 5.74) is 1.48. The van der Waals surface area contributed by atoms with Crippen LogP contribution in [0.15, 0.2) is 6.07 Å². The molecule has 0 bridgehead atoms. The molecule has 0 saturated carbocycles. The number of hydrogen-bond acceptors (Lipinski definition) is 3. The maximum Gasteiger partial charge on any atom is 0.358 e. The molecule has 90 valence electrons. The molecule has 0 radical (unpaired) electrons. The van der Waals surface area contributed by atoms with E-state index in [2.05, 4.69) is 37.5 Å². The van der Waals surface area contributed by atoms with E-state index in [4.69, 9.17) is 0 Å². The molecule has 0 spiro atoms. The topological polar surface area (TPSA) is 44.1 Å². The minimum Gasteiger partial charge on any atom is -0.464 e. The van der Waals surface area contributed by atoms with Crippen molar-refractivity contribution in [3.8, 4) is 0 Å². The number of rotatable bonds is 4. The van der Waals surface area contributed by atoms with Crippen LogP contribution in [-0.2, 0) is 11.2 Å². The van der Waals surface area contributed by atoms with Crippen molar-refractivity contribution in [2.45, 2.75) is 40.2 Å². The van der Waals surface area contributed by atoms with Gasteiger partial charge in [0.25, 0.3) is 0 Å². The van der Waals surface area contributed by atoms with Gasteiger partial charge in [0, 0.05) is 11.7 Å². The number of hydrogen-bond donors (Lipinski definition) is 0. The lowest BCUT2D eigenvalue weighted by molar-refractivity contribution is 0.0593. The predicted molar refractivity (Wildman–Crippen MR) is 62.5 cm³/mol. The Morgan fingerprint density at radius 3 is 2.50 bits per heavy atom. The third-order valence-corrected chi connectivity index (χ3v) is 2.31. The number of carbonyl (C=O) groups is 1. The van der Waals surface area contributed by atoms with Gasteiger partial charge >= 0.3 is 5.97 Å². The molecular weight excluding hydrogens is 204 g/mol. The van der Waals surface area contributed by atoms with Gasteiger partial charge < -0.3 is 4.74 Å². The predicted octanol–water partition coefficient (Wildman–Crippen LogP) is 2.45. The fourth-order valence-corrected chi connectivity index (χ4v) is 1.66. The highest BCUT2D eigenvalue weighted by Crippen LogP contribution is 2.15.